The molecular formula is C14H22N4O. The highest BCUT2D eigenvalue weighted by molar-refractivity contribution is 5.58. The Hall–Kier alpha value is -1.67. The van der Waals surface area contributed by atoms with Crippen LogP contribution in [0.5, 0.6) is 0 Å². The van der Waals surface area contributed by atoms with Gasteiger partial charge in [-0.1, -0.05) is 6.92 Å². The number of rotatable bonds is 6. The lowest BCUT2D eigenvalue weighted by atomic mass is 10.1. The van der Waals surface area contributed by atoms with E-state index in [2.05, 4.69) is 35.0 Å². The Kier molecular flexibility index (Phi) is 5.71. The van der Waals surface area contributed by atoms with Crippen LogP contribution in [0.2, 0.25) is 0 Å². The summed E-state index contributed by atoms with van der Waals surface area (Å²) >= 11 is 0. The molecule has 5 nitrogen and oxygen atoms in total. The fourth-order valence-electron chi connectivity index (χ4n) is 1.88. The van der Waals surface area contributed by atoms with E-state index in [0.717, 1.165) is 17.7 Å². The second-order valence-corrected chi connectivity index (χ2v) is 4.66. The number of aromatic nitrogens is 2. The molecule has 1 atom stereocenters. The number of anilines is 1. The molecule has 104 valence electrons. The first-order chi connectivity index (χ1) is 9.06. The zero-order chi connectivity index (χ0) is 14.4. The topological polar surface area (TPSA) is 62.0 Å². The van der Waals surface area contributed by atoms with E-state index in [-0.39, 0.29) is 0 Å². The van der Waals surface area contributed by atoms with Gasteiger partial charge in [0.25, 0.3) is 0 Å². The Labute approximate surface area is 115 Å². The summed E-state index contributed by atoms with van der Waals surface area (Å²) < 4.78 is 5.14. The van der Waals surface area contributed by atoms with Gasteiger partial charge in [-0.05, 0) is 32.8 Å². The number of ether oxygens (including phenoxy) is 1. The van der Waals surface area contributed by atoms with Gasteiger partial charge in [-0.25, -0.2) is 0 Å². The van der Waals surface area contributed by atoms with Crippen LogP contribution in [-0.2, 0) is 4.74 Å². The minimum absolute atomic E-state index is 0.290. The van der Waals surface area contributed by atoms with Gasteiger partial charge >= 0.3 is 0 Å². The van der Waals surface area contributed by atoms with E-state index in [9.17, 15) is 5.26 Å². The van der Waals surface area contributed by atoms with Crippen molar-refractivity contribution in [2.24, 2.45) is 0 Å². The van der Waals surface area contributed by atoms with Crippen molar-refractivity contribution in [3.63, 3.8) is 0 Å². The van der Waals surface area contributed by atoms with E-state index in [1.54, 1.807) is 7.11 Å². The van der Waals surface area contributed by atoms with Gasteiger partial charge in [0.2, 0.25) is 0 Å². The molecule has 1 heterocycles. The molecule has 1 aromatic heterocycles. The summed E-state index contributed by atoms with van der Waals surface area (Å²) in [5.74, 6) is 0.664. The van der Waals surface area contributed by atoms with Crippen LogP contribution < -0.4 is 4.90 Å². The molecule has 1 aromatic rings. The second-order valence-electron chi connectivity index (χ2n) is 4.66. The average Bonchev–Trinajstić information content (AvgIpc) is 2.42. The summed E-state index contributed by atoms with van der Waals surface area (Å²) in [6.07, 6.45) is 0.975. The van der Waals surface area contributed by atoms with Crippen LogP contribution in [0.3, 0.4) is 0 Å². The summed E-state index contributed by atoms with van der Waals surface area (Å²) in [5, 5.41) is 17.8. The fourth-order valence-corrected chi connectivity index (χ4v) is 1.88. The quantitative estimate of drug-likeness (QED) is 0.786. The van der Waals surface area contributed by atoms with E-state index >= 15 is 0 Å². The molecule has 5 heteroatoms. The first-order valence-electron chi connectivity index (χ1n) is 6.56. The fraction of sp³-hybridized carbons (Fsp3) is 0.643. The summed E-state index contributed by atoms with van der Waals surface area (Å²) in [6.45, 7) is 9.33. The van der Waals surface area contributed by atoms with Gasteiger partial charge in [0.15, 0.2) is 5.82 Å². The molecule has 0 spiro atoms. The number of nitriles is 1. The standard InChI is InChI=1S/C14H22N4O/c1-6-10(2)18(7-8-19-5)14-13(9-15)11(3)12(4)16-17-14/h10H,6-8H2,1-5H3. The molecule has 0 saturated heterocycles. The van der Waals surface area contributed by atoms with Gasteiger partial charge in [0.1, 0.15) is 11.6 Å². The van der Waals surface area contributed by atoms with Gasteiger partial charge in [-0.15, -0.1) is 5.10 Å². The van der Waals surface area contributed by atoms with Crippen LogP contribution in [0.1, 0.15) is 37.1 Å². The maximum absolute atomic E-state index is 9.38. The van der Waals surface area contributed by atoms with Crippen LogP contribution in [0.4, 0.5) is 5.82 Å². The van der Waals surface area contributed by atoms with Crippen LogP contribution in [0.25, 0.3) is 0 Å². The third-order valence-electron chi connectivity index (χ3n) is 3.48. The van der Waals surface area contributed by atoms with E-state index in [0.29, 0.717) is 30.6 Å². The van der Waals surface area contributed by atoms with Crippen molar-refractivity contribution in [3.8, 4) is 6.07 Å². The Morgan fingerprint density at radius 1 is 1.37 bits per heavy atom. The molecule has 0 N–H and O–H groups in total. The molecule has 0 aliphatic carbocycles. The number of hydrogen-bond acceptors (Lipinski definition) is 5. The number of hydrogen-bond donors (Lipinski definition) is 0. The molecule has 0 radical (unpaired) electrons. The molecule has 0 amide bonds. The van der Waals surface area contributed by atoms with Crippen LogP contribution in [-0.4, -0.2) is 36.5 Å². The van der Waals surface area contributed by atoms with E-state index in [4.69, 9.17) is 4.74 Å². The van der Waals surface area contributed by atoms with Crippen molar-refractivity contribution in [1.82, 2.24) is 10.2 Å². The van der Waals surface area contributed by atoms with Crippen molar-refractivity contribution in [2.75, 3.05) is 25.2 Å². The molecule has 0 saturated carbocycles. The van der Waals surface area contributed by atoms with Crippen molar-refractivity contribution in [3.05, 3.63) is 16.8 Å². The third kappa shape index (κ3) is 3.42. The van der Waals surface area contributed by atoms with Gasteiger partial charge in [-0.2, -0.15) is 10.4 Å². The van der Waals surface area contributed by atoms with E-state index in [1.165, 1.54) is 0 Å². The summed E-state index contributed by atoms with van der Waals surface area (Å²) in [5.41, 5.74) is 2.32. The third-order valence-corrected chi connectivity index (χ3v) is 3.48. The molecule has 0 bridgehead atoms. The summed E-state index contributed by atoms with van der Waals surface area (Å²) in [4.78, 5) is 2.10. The maximum atomic E-state index is 9.38. The number of aryl methyl sites for hydroxylation is 1. The van der Waals surface area contributed by atoms with Crippen molar-refractivity contribution in [2.45, 2.75) is 40.2 Å². The summed E-state index contributed by atoms with van der Waals surface area (Å²) in [7, 11) is 1.67. The minimum Gasteiger partial charge on any atom is -0.383 e. The normalized spacial score (nSPS) is 12.0. The Morgan fingerprint density at radius 3 is 2.58 bits per heavy atom. The van der Waals surface area contributed by atoms with Crippen molar-refractivity contribution >= 4 is 5.82 Å². The van der Waals surface area contributed by atoms with Gasteiger partial charge in [0.05, 0.1) is 12.3 Å². The molecule has 0 aromatic carbocycles. The first kappa shape index (κ1) is 15.4. The predicted molar refractivity (Wildman–Crippen MR) is 75.2 cm³/mol. The lowest BCUT2D eigenvalue weighted by Crippen LogP contribution is -2.37. The average molecular weight is 262 g/mol. The lowest BCUT2D eigenvalue weighted by molar-refractivity contribution is 0.203. The molecule has 1 unspecified atom stereocenters. The van der Waals surface area contributed by atoms with Crippen LogP contribution in [0.15, 0.2) is 0 Å². The maximum Gasteiger partial charge on any atom is 0.169 e. The molecule has 0 aliphatic rings. The smallest absolute Gasteiger partial charge is 0.169 e. The van der Waals surface area contributed by atoms with Crippen molar-refractivity contribution in [1.29, 1.82) is 5.26 Å². The molecule has 19 heavy (non-hydrogen) atoms. The first-order valence-corrected chi connectivity index (χ1v) is 6.56. The lowest BCUT2D eigenvalue weighted by Gasteiger charge is -2.30. The molecule has 1 rings (SSSR count). The van der Waals surface area contributed by atoms with E-state index < -0.39 is 0 Å². The molecule has 0 aliphatic heterocycles. The Morgan fingerprint density at radius 2 is 2.05 bits per heavy atom. The van der Waals surface area contributed by atoms with Gasteiger partial charge < -0.3 is 9.64 Å². The Bertz CT molecular complexity index is 467. The van der Waals surface area contributed by atoms with E-state index in [1.807, 2.05) is 13.8 Å². The largest absolute Gasteiger partial charge is 0.383 e. The number of nitrogens with zero attached hydrogens (tertiary/aromatic N) is 4. The highest BCUT2D eigenvalue weighted by Gasteiger charge is 2.20. The SMILES string of the molecule is CCC(C)N(CCOC)c1nnc(C)c(C)c1C#N. The highest BCUT2D eigenvalue weighted by atomic mass is 16.5. The molecule has 0 fully saturated rings. The van der Waals surface area contributed by atoms with Gasteiger partial charge in [-0.3, -0.25) is 0 Å². The van der Waals surface area contributed by atoms with Crippen molar-refractivity contribution < 1.29 is 4.74 Å². The number of methoxy groups -OCH3 is 1. The van der Waals surface area contributed by atoms with Crippen LogP contribution >= 0.6 is 0 Å². The predicted octanol–water partition coefficient (Wildman–Crippen LogP) is 2.22. The summed E-state index contributed by atoms with van der Waals surface area (Å²) in [6, 6.07) is 2.55. The monoisotopic (exact) mass is 262 g/mol. The minimum atomic E-state index is 0.290. The van der Waals surface area contributed by atoms with Crippen LogP contribution in [0, 0.1) is 25.2 Å². The Balaban J connectivity index is 3.22. The molecular weight excluding hydrogens is 240 g/mol. The second kappa shape index (κ2) is 7.05. The zero-order valence-electron chi connectivity index (χ0n) is 12.4. The van der Waals surface area contributed by atoms with Gasteiger partial charge in [0, 0.05) is 19.7 Å². The highest BCUT2D eigenvalue weighted by Crippen LogP contribution is 2.23. The zero-order valence-corrected chi connectivity index (χ0v) is 12.4.